The van der Waals surface area contributed by atoms with E-state index in [-0.39, 0.29) is 11.9 Å². The molecule has 4 heteroatoms. The molecule has 1 aliphatic carbocycles. The lowest BCUT2D eigenvalue weighted by molar-refractivity contribution is 0.0926. The molecule has 1 amide bonds. The van der Waals surface area contributed by atoms with Gasteiger partial charge in [0.25, 0.3) is 5.91 Å². The minimum Gasteiger partial charge on any atom is -0.349 e. The second kappa shape index (κ2) is 5.63. The standard InChI is InChI=1S/C15H22N2OS/c1-10(12-5-3-7-16-9-12)17-15(18)14-8-11-4-2-6-13(11)19-14/h8,10,12,16H,2-7,9H2,1H3,(H,17,18). The molecule has 1 aromatic heterocycles. The van der Waals surface area contributed by atoms with Crippen molar-refractivity contribution >= 4 is 17.2 Å². The van der Waals surface area contributed by atoms with Crippen LogP contribution in [0.2, 0.25) is 0 Å². The van der Waals surface area contributed by atoms with Crippen LogP contribution in [0.15, 0.2) is 6.07 Å². The van der Waals surface area contributed by atoms with E-state index in [4.69, 9.17) is 0 Å². The SMILES string of the molecule is CC(NC(=O)c1cc2c(s1)CCC2)C1CCCNC1. The smallest absolute Gasteiger partial charge is 0.261 e. The molecule has 2 aliphatic rings. The van der Waals surface area contributed by atoms with E-state index in [9.17, 15) is 4.79 Å². The van der Waals surface area contributed by atoms with Gasteiger partial charge in [-0.25, -0.2) is 0 Å². The van der Waals surface area contributed by atoms with E-state index < -0.39 is 0 Å². The fourth-order valence-electron chi connectivity index (χ4n) is 3.14. The Kier molecular flexibility index (Phi) is 3.89. The summed E-state index contributed by atoms with van der Waals surface area (Å²) in [4.78, 5) is 14.6. The van der Waals surface area contributed by atoms with Crippen LogP contribution in [0.25, 0.3) is 0 Å². The average Bonchev–Trinajstić information content (AvgIpc) is 3.00. The van der Waals surface area contributed by atoms with Gasteiger partial charge in [-0.15, -0.1) is 11.3 Å². The topological polar surface area (TPSA) is 41.1 Å². The Morgan fingerprint density at radius 3 is 3.11 bits per heavy atom. The summed E-state index contributed by atoms with van der Waals surface area (Å²) in [6.07, 6.45) is 6.01. The highest BCUT2D eigenvalue weighted by atomic mass is 32.1. The van der Waals surface area contributed by atoms with Crippen molar-refractivity contribution in [2.75, 3.05) is 13.1 Å². The second-order valence-corrected chi connectivity index (χ2v) is 6.92. The van der Waals surface area contributed by atoms with Crippen LogP contribution in [0, 0.1) is 5.92 Å². The Morgan fingerprint density at radius 1 is 1.47 bits per heavy atom. The summed E-state index contributed by atoms with van der Waals surface area (Å²) in [5.41, 5.74) is 1.40. The summed E-state index contributed by atoms with van der Waals surface area (Å²) >= 11 is 1.69. The molecule has 1 aromatic rings. The van der Waals surface area contributed by atoms with E-state index in [1.807, 2.05) is 0 Å². The lowest BCUT2D eigenvalue weighted by atomic mass is 9.93. The van der Waals surface area contributed by atoms with Gasteiger partial charge < -0.3 is 10.6 Å². The van der Waals surface area contributed by atoms with Crippen molar-refractivity contribution < 1.29 is 4.79 Å². The predicted octanol–water partition coefficient (Wildman–Crippen LogP) is 2.35. The number of amides is 1. The highest BCUT2D eigenvalue weighted by molar-refractivity contribution is 7.14. The van der Waals surface area contributed by atoms with E-state index >= 15 is 0 Å². The number of piperidine rings is 1. The van der Waals surface area contributed by atoms with Crippen LogP contribution in [-0.4, -0.2) is 25.0 Å². The monoisotopic (exact) mass is 278 g/mol. The molecule has 2 N–H and O–H groups in total. The third-order valence-corrected chi connectivity index (χ3v) is 5.61. The van der Waals surface area contributed by atoms with Gasteiger partial charge in [-0.05, 0) is 69.7 Å². The molecule has 0 saturated carbocycles. The number of fused-ring (bicyclic) bond motifs is 1. The minimum absolute atomic E-state index is 0.123. The molecule has 2 atom stereocenters. The third-order valence-electron chi connectivity index (χ3n) is 4.37. The maximum absolute atomic E-state index is 12.3. The number of rotatable bonds is 3. The zero-order valence-corrected chi connectivity index (χ0v) is 12.3. The van der Waals surface area contributed by atoms with E-state index in [0.717, 1.165) is 30.8 Å². The Labute approximate surface area is 118 Å². The molecule has 2 heterocycles. The van der Waals surface area contributed by atoms with Crippen molar-refractivity contribution in [2.24, 2.45) is 5.92 Å². The number of hydrogen-bond acceptors (Lipinski definition) is 3. The van der Waals surface area contributed by atoms with Crippen molar-refractivity contribution in [3.63, 3.8) is 0 Å². The molecule has 0 aromatic carbocycles. The maximum Gasteiger partial charge on any atom is 0.261 e. The van der Waals surface area contributed by atoms with Crippen LogP contribution >= 0.6 is 11.3 Å². The zero-order valence-electron chi connectivity index (χ0n) is 11.5. The summed E-state index contributed by atoms with van der Waals surface area (Å²) in [7, 11) is 0. The third kappa shape index (κ3) is 2.84. The van der Waals surface area contributed by atoms with Gasteiger partial charge in [-0.3, -0.25) is 4.79 Å². The van der Waals surface area contributed by atoms with Gasteiger partial charge in [0.15, 0.2) is 0 Å². The van der Waals surface area contributed by atoms with Gasteiger partial charge >= 0.3 is 0 Å². The van der Waals surface area contributed by atoms with Crippen molar-refractivity contribution in [1.82, 2.24) is 10.6 Å². The van der Waals surface area contributed by atoms with Crippen molar-refractivity contribution in [1.29, 1.82) is 0 Å². The number of nitrogens with one attached hydrogen (secondary N) is 2. The summed E-state index contributed by atoms with van der Waals surface area (Å²) < 4.78 is 0. The highest BCUT2D eigenvalue weighted by Gasteiger charge is 2.23. The van der Waals surface area contributed by atoms with Crippen LogP contribution in [0.3, 0.4) is 0 Å². The average molecular weight is 278 g/mol. The summed E-state index contributed by atoms with van der Waals surface area (Å²) in [6, 6.07) is 2.37. The fourth-order valence-corrected chi connectivity index (χ4v) is 4.30. The predicted molar refractivity (Wildman–Crippen MR) is 78.9 cm³/mol. The lowest BCUT2D eigenvalue weighted by Gasteiger charge is -2.28. The highest BCUT2D eigenvalue weighted by Crippen LogP contribution is 2.30. The molecule has 104 valence electrons. The number of carbonyl (C=O) groups is 1. The summed E-state index contributed by atoms with van der Waals surface area (Å²) in [5.74, 6) is 0.696. The molecular weight excluding hydrogens is 256 g/mol. The molecule has 3 rings (SSSR count). The van der Waals surface area contributed by atoms with Gasteiger partial charge in [0.05, 0.1) is 4.88 Å². The molecule has 19 heavy (non-hydrogen) atoms. The molecule has 0 radical (unpaired) electrons. The number of aryl methyl sites for hydroxylation is 2. The van der Waals surface area contributed by atoms with Crippen LogP contribution in [-0.2, 0) is 12.8 Å². The summed E-state index contributed by atoms with van der Waals surface area (Å²) in [5, 5.41) is 6.60. The number of carbonyl (C=O) groups excluding carboxylic acids is 1. The van der Waals surface area contributed by atoms with Crippen molar-refractivity contribution in [2.45, 2.75) is 45.1 Å². The van der Waals surface area contributed by atoms with Gasteiger partial charge in [0, 0.05) is 10.9 Å². The second-order valence-electron chi connectivity index (χ2n) is 5.78. The van der Waals surface area contributed by atoms with Gasteiger partial charge in [-0.2, -0.15) is 0 Å². The molecule has 0 bridgehead atoms. The lowest BCUT2D eigenvalue weighted by Crippen LogP contribution is -2.44. The van der Waals surface area contributed by atoms with E-state index in [1.165, 1.54) is 29.7 Å². The van der Waals surface area contributed by atoms with Gasteiger partial charge in [0.2, 0.25) is 0 Å². The van der Waals surface area contributed by atoms with Crippen LogP contribution in [0.4, 0.5) is 0 Å². The molecule has 1 fully saturated rings. The van der Waals surface area contributed by atoms with E-state index in [2.05, 4.69) is 23.6 Å². The van der Waals surface area contributed by atoms with Gasteiger partial charge in [-0.1, -0.05) is 0 Å². The fraction of sp³-hybridized carbons (Fsp3) is 0.667. The van der Waals surface area contributed by atoms with E-state index in [0.29, 0.717) is 5.92 Å². The Balaban J connectivity index is 1.60. The molecule has 1 saturated heterocycles. The minimum atomic E-state index is 0.123. The Morgan fingerprint density at radius 2 is 2.37 bits per heavy atom. The molecule has 2 unspecified atom stereocenters. The normalized spacial score (nSPS) is 23.9. The first-order valence-electron chi connectivity index (χ1n) is 7.37. The molecular formula is C15H22N2OS. The first-order valence-corrected chi connectivity index (χ1v) is 8.19. The number of thiophene rings is 1. The Hall–Kier alpha value is -0.870. The molecule has 1 aliphatic heterocycles. The Bertz CT molecular complexity index is 441. The van der Waals surface area contributed by atoms with Crippen LogP contribution in [0.5, 0.6) is 0 Å². The van der Waals surface area contributed by atoms with E-state index in [1.54, 1.807) is 11.3 Å². The first kappa shape index (κ1) is 13.1. The van der Waals surface area contributed by atoms with Gasteiger partial charge in [0.1, 0.15) is 0 Å². The van der Waals surface area contributed by atoms with Crippen LogP contribution < -0.4 is 10.6 Å². The maximum atomic E-state index is 12.3. The van der Waals surface area contributed by atoms with Crippen molar-refractivity contribution in [3.05, 3.63) is 21.4 Å². The molecule has 3 nitrogen and oxygen atoms in total. The number of hydrogen-bond donors (Lipinski definition) is 2. The summed E-state index contributed by atoms with van der Waals surface area (Å²) in [6.45, 7) is 4.29. The quantitative estimate of drug-likeness (QED) is 0.891. The van der Waals surface area contributed by atoms with Crippen molar-refractivity contribution in [3.8, 4) is 0 Å². The molecule has 0 spiro atoms. The largest absolute Gasteiger partial charge is 0.349 e. The first-order chi connectivity index (χ1) is 9.24. The zero-order chi connectivity index (χ0) is 13.2. The van der Waals surface area contributed by atoms with Crippen LogP contribution in [0.1, 0.15) is 46.3 Å².